The van der Waals surface area contributed by atoms with Crippen LogP contribution in [-0.2, 0) is 17.6 Å². The normalized spacial score (nSPS) is 12.5. The first-order chi connectivity index (χ1) is 6.67. The summed E-state index contributed by atoms with van der Waals surface area (Å²) in [5.41, 5.74) is 2.08. The van der Waals surface area contributed by atoms with Crippen LogP contribution in [0.1, 0.15) is 25.0 Å². The lowest BCUT2D eigenvalue weighted by molar-refractivity contribution is -0.110. The summed E-state index contributed by atoms with van der Waals surface area (Å²) in [6, 6.07) is 4.77. The summed E-state index contributed by atoms with van der Waals surface area (Å²) in [5.74, 6) is -0.199. The zero-order valence-corrected chi connectivity index (χ0v) is 8.59. The molecule has 1 atom stereocenters. The average molecular weight is 194 g/mol. The molecule has 1 rings (SSSR count). The Morgan fingerprint density at radius 3 is 2.71 bits per heavy atom. The van der Waals surface area contributed by atoms with Gasteiger partial charge in [0, 0.05) is 5.92 Å². The topological polar surface area (TPSA) is 17.1 Å². The minimum Gasteiger partial charge on any atom is -0.303 e. The van der Waals surface area contributed by atoms with Crippen LogP contribution >= 0.6 is 0 Å². The largest absolute Gasteiger partial charge is 0.303 e. The molecule has 0 heterocycles. The predicted octanol–water partition coefficient (Wildman–Crippen LogP) is 2.77. The zero-order valence-electron chi connectivity index (χ0n) is 8.59. The van der Waals surface area contributed by atoms with Gasteiger partial charge in [-0.05, 0) is 36.1 Å². The average Bonchev–Trinajstić information content (AvgIpc) is 2.20. The van der Waals surface area contributed by atoms with Gasteiger partial charge in [-0.25, -0.2) is 4.39 Å². The third kappa shape index (κ3) is 2.66. The SMILES string of the molecule is CCc1cc(F)ccc1CC(C)C=O. The van der Waals surface area contributed by atoms with Crippen LogP contribution in [0.4, 0.5) is 4.39 Å². The molecule has 0 saturated carbocycles. The van der Waals surface area contributed by atoms with E-state index in [1.54, 1.807) is 12.1 Å². The highest BCUT2D eigenvalue weighted by atomic mass is 19.1. The van der Waals surface area contributed by atoms with E-state index in [1.807, 2.05) is 13.8 Å². The van der Waals surface area contributed by atoms with Crippen molar-refractivity contribution in [2.24, 2.45) is 5.92 Å². The highest BCUT2D eigenvalue weighted by Gasteiger charge is 2.06. The number of hydrogen-bond acceptors (Lipinski definition) is 1. The quantitative estimate of drug-likeness (QED) is 0.673. The van der Waals surface area contributed by atoms with Gasteiger partial charge in [0.05, 0.1) is 0 Å². The van der Waals surface area contributed by atoms with E-state index in [2.05, 4.69) is 0 Å². The molecule has 76 valence electrons. The van der Waals surface area contributed by atoms with Gasteiger partial charge in [-0.2, -0.15) is 0 Å². The Morgan fingerprint density at radius 2 is 2.14 bits per heavy atom. The molecule has 1 aromatic carbocycles. The van der Waals surface area contributed by atoms with Crippen LogP contribution in [0.25, 0.3) is 0 Å². The van der Waals surface area contributed by atoms with Crippen LogP contribution in [-0.4, -0.2) is 6.29 Å². The monoisotopic (exact) mass is 194 g/mol. The van der Waals surface area contributed by atoms with E-state index in [1.165, 1.54) is 6.07 Å². The molecule has 2 heteroatoms. The molecule has 1 aromatic rings. The van der Waals surface area contributed by atoms with Gasteiger partial charge >= 0.3 is 0 Å². The van der Waals surface area contributed by atoms with Crippen molar-refractivity contribution in [2.75, 3.05) is 0 Å². The van der Waals surface area contributed by atoms with Crippen LogP contribution in [0.2, 0.25) is 0 Å². The summed E-state index contributed by atoms with van der Waals surface area (Å²) >= 11 is 0. The standard InChI is InChI=1S/C12H15FO/c1-3-10-7-12(13)5-4-11(10)6-9(2)8-14/h4-5,7-9H,3,6H2,1-2H3. The van der Waals surface area contributed by atoms with Gasteiger partial charge in [-0.3, -0.25) is 0 Å². The van der Waals surface area contributed by atoms with Crippen LogP contribution < -0.4 is 0 Å². The Bertz CT molecular complexity index is 320. The molecule has 0 fully saturated rings. The van der Waals surface area contributed by atoms with Crippen molar-refractivity contribution in [2.45, 2.75) is 26.7 Å². The van der Waals surface area contributed by atoms with E-state index in [-0.39, 0.29) is 11.7 Å². The van der Waals surface area contributed by atoms with E-state index in [4.69, 9.17) is 0 Å². The molecule has 0 N–H and O–H groups in total. The lowest BCUT2D eigenvalue weighted by Crippen LogP contribution is -2.03. The van der Waals surface area contributed by atoms with Crippen molar-refractivity contribution < 1.29 is 9.18 Å². The molecule has 14 heavy (non-hydrogen) atoms. The Morgan fingerprint density at radius 1 is 1.43 bits per heavy atom. The third-order valence-corrected chi connectivity index (χ3v) is 2.32. The predicted molar refractivity (Wildman–Crippen MR) is 54.7 cm³/mol. The number of hydrogen-bond donors (Lipinski definition) is 0. The molecule has 0 saturated heterocycles. The van der Waals surface area contributed by atoms with Gasteiger partial charge in [0.25, 0.3) is 0 Å². The van der Waals surface area contributed by atoms with Crippen LogP contribution in [0.15, 0.2) is 18.2 Å². The molecular weight excluding hydrogens is 179 g/mol. The molecule has 0 bridgehead atoms. The first-order valence-electron chi connectivity index (χ1n) is 4.90. The highest BCUT2D eigenvalue weighted by molar-refractivity contribution is 5.53. The number of rotatable bonds is 4. The lowest BCUT2D eigenvalue weighted by atomic mass is 9.96. The maximum absolute atomic E-state index is 12.9. The molecule has 1 unspecified atom stereocenters. The minimum absolute atomic E-state index is 0.00533. The van der Waals surface area contributed by atoms with E-state index < -0.39 is 0 Å². The van der Waals surface area contributed by atoms with Gasteiger partial charge in [0.2, 0.25) is 0 Å². The maximum atomic E-state index is 12.9. The summed E-state index contributed by atoms with van der Waals surface area (Å²) in [5, 5.41) is 0. The Hall–Kier alpha value is -1.18. The van der Waals surface area contributed by atoms with Crippen molar-refractivity contribution in [3.63, 3.8) is 0 Å². The fraction of sp³-hybridized carbons (Fsp3) is 0.417. The van der Waals surface area contributed by atoms with E-state index in [0.717, 1.165) is 23.8 Å². The number of aryl methyl sites for hydroxylation is 1. The molecule has 0 radical (unpaired) electrons. The second-order valence-electron chi connectivity index (χ2n) is 3.58. The minimum atomic E-state index is -0.204. The summed E-state index contributed by atoms with van der Waals surface area (Å²) < 4.78 is 12.9. The van der Waals surface area contributed by atoms with E-state index >= 15 is 0 Å². The first-order valence-corrected chi connectivity index (χ1v) is 4.90. The maximum Gasteiger partial charge on any atom is 0.123 e. The first kappa shape index (κ1) is 10.9. The highest BCUT2D eigenvalue weighted by Crippen LogP contribution is 2.15. The lowest BCUT2D eigenvalue weighted by Gasteiger charge is -2.09. The van der Waals surface area contributed by atoms with Crippen LogP contribution in [0.3, 0.4) is 0 Å². The second kappa shape index (κ2) is 4.89. The van der Waals surface area contributed by atoms with Crippen molar-refractivity contribution in [1.29, 1.82) is 0 Å². The molecule has 0 aliphatic heterocycles. The van der Waals surface area contributed by atoms with Crippen molar-refractivity contribution in [1.82, 2.24) is 0 Å². The van der Waals surface area contributed by atoms with Crippen molar-refractivity contribution in [3.05, 3.63) is 35.1 Å². The van der Waals surface area contributed by atoms with E-state index in [0.29, 0.717) is 6.42 Å². The van der Waals surface area contributed by atoms with Gasteiger partial charge in [0.15, 0.2) is 0 Å². The van der Waals surface area contributed by atoms with Crippen LogP contribution in [0, 0.1) is 11.7 Å². The summed E-state index contributed by atoms with van der Waals surface area (Å²) in [4.78, 5) is 10.5. The molecule has 0 aliphatic carbocycles. The molecule has 0 amide bonds. The van der Waals surface area contributed by atoms with Gasteiger partial charge in [-0.1, -0.05) is 19.9 Å². The number of aldehydes is 1. The Kier molecular flexibility index (Phi) is 3.81. The van der Waals surface area contributed by atoms with Crippen molar-refractivity contribution >= 4 is 6.29 Å². The number of carbonyl (C=O) groups is 1. The zero-order chi connectivity index (χ0) is 10.6. The van der Waals surface area contributed by atoms with Gasteiger partial charge in [0.1, 0.15) is 12.1 Å². The molecule has 0 aliphatic rings. The molecule has 0 spiro atoms. The molecule has 0 aromatic heterocycles. The van der Waals surface area contributed by atoms with Gasteiger partial charge in [-0.15, -0.1) is 0 Å². The Balaban J connectivity index is 2.90. The fourth-order valence-corrected chi connectivity index (χ4v) is 1.52. The van der Waals surface area contributed by atoms with Crippen molar-refractivity contribution in [3.8, 4) is 0 Å². The molecule has 1 nitrogen and oxygen atoms in total. The third-order valence-electron chi connectivity index (χ3n) is 2.32. The fourth-order valence-electron chi connectivity index (χ4n) is 1.52. The van der Waals surface area contributed by atoms with Gasteiger partial charge < -0.3 is 4.79 Å². The number of benzene rings is 1. The summed E-state index contributed by atoms with van der Waals surface area (Å²) in [6.07, 6.45) is 2.44. The number of carbonyl (C=O) groups excluding carboxylic acids is 1. The summed E-state index contributed by atoms with van der Waals surface area (Å²) in [6.45, 7) is 3.86. The summed E-state index contributed by atoms with van der Waals surface area (Å²) in [7, 11) is 0. The smallest absolute Gasteiger partial charge is 0.123 e. The molecular formula is C12H15FO. The Labute approximate surface area is 83.9 Å². The number of halogens is 1. The van der Waals surface area contributed by atoms with E-state index in [9.17, 15) is 9.18 Å². The second-order valence-corrected chi connectivity index (χ2v) is 3.58. The van der Waals surface area contributed by atoms with Crippen LogP contribution in [0.5, 0.6) is 0 Å².